The summed E-state index contributed by atoms with van der Waals surface area (Å²) >= 11 is 0. The molecule has 1 unspecified atom stereocenters. The van der Waals surface area contributed by atoms with Gasteiger partial charge in [-0.2, -0.15) is 0 Å². The van der Waals surface area contributed by atoms with E-state index in [2.05, 4.69) is 15.3 Å². The molecule has 2 fully saturated rings. The number of nitrogens with zero attached hydrogens (tertiary/aromatic N) is 5. The molecule has 2 aromatic rings. The largest absolute Gasteiger partial charge is 0.435 e. The van der Waals surface area contributed by atoms with Crippen molar-refractivity contribution in [2.45, 2.75) is 64.0 Å². The summed E-state index contributed by atoms with van der Waals surface area (Å²) in [6.07, 6.45) is 5.16. The molecule has 3 heterocycles. The maximum absolute atomic E-state index is 12.9. The van der Waals surface area contributed by atoms with Crippen molar-refractivity contribution in [3.8, 4) is 0 Å². The van der Waals surface area contributed by atoms with Gasteiger partial charge in [0.05, 0.1) is 18.4 Å². The van der Waals surface area contributed by atoms with Gasteiger partial charge in [0.2, 0.25) is 5.76 Å². The van der Waals surface area contributed by atoms with E-state index in [4.69, 9.17) is 4.42 Å². The van der Waals surface area contributed by atoms with Crippen LogP contribution < -0.4 is 0 Å². The van der Waals surface area contributed by atoms with Crippen molar-refractivity contribution < 1.29 is 14.3 Å². The predicted octanol–water partition coefficient (Wildman–Crippen LogP) is 2.16. The lowest BCUT2D eigenvalue weighted by Crippen LogP contribution is -2.48. The minimum atomic E-state index is -1.19. The molecule has 0 bridgehead atoms. The van der Waals surface area contributed by atoms with Crippen molar-refractivity contribution in [1.29, 1.82) is 0 Å². The fourth-order valence-corrected chi connectivity index (χ4v) is 3.43. The van der Waals surface area contributed by atoms with Crippen LogP contribution in [0.5, 0.6) is 0 Å². The number of carbonyl (C=O) groups is 1. The Balaban J connectivity index is 1.54. The molecule has 2 aromatic heterocycles. The number of amides is 1. The number of carbonyl (C=O) groups excluding carboxylic acids is 1. The predicted molar refractivity (Wildman–Crippen MR) is 92.7 cm³/mol. The number of aromatic nitrogens is 4. The quantitative estimate of drug-likeness (QED) is 0.898. The Morgan fingerprint density at radius 1 is 1.42 bits per heavy atom. The number of β-amino-alcohol motifs (C(OH)–C–C–N with tert-alkyl or cyclic N) is 1. The molecule has 1 saturated carbocycles. The summed E-state index contributed by atoms with van der Waals surface area (Å²) in [4.78, 5) is 19.0. The van der Waals surface area contributed by atoms with Gasteiger partial charge < -0.3 is 14.4 Å². The van der Waals surface area contributed by atoms with Gasteiger partial charge in [0.15, 0.2) is 5.89 Å². The molecule has 26 heavy (non-hydrogen) atoms. The Hall–Kier alpha value is -2.22. The van der Waals surface area contributed by atoms with Gasteiger partial charge in [-0.1, -0.05) is 5.21 Å². The van der Waals surface area contributed by atoms with Crippen molar-refractivity contribution >= 4 is 5.91 Å². The van der Waals surface area contributed by atoms with E-state index in [-0.39, 0.29) is 18.5 Å². The minimum absolute atomic E-state index is 0.166. The molecule has 8 nitrogen and oxygen atoms in total. The number of rotatable bonds is 4. The monoisotopic (exact) mass is 359 g/mol. The first-order valence-corrected chi connectivity index (χ1v) is 9.28. The van der Waals surface area contributed by atoms with Crippen molar-refractivity contribution in [2.75, 3.05) is 13.1 Å². The first-order chi connectivity index (χ1) is 12.4. The zero-order valence-electron chi connectivity index (χ0n) is 15.5. The van der Waals surface area contributed by atoms with Gasteiger partial charge >= 0.3 is 0 Å². The highest BCUT2D eigenvalue weighted by Gasteiger charge is 2.41. The molecule has 1 aliphatic carbocycles. The second kappa shape index (κ2) is 6.19. The molecule has 1 amide bonds. The lowest BCUT2D eigenvalue weighted by molar-refractivity contribution is -0.0328. The van der Waals surface area contributed by atoms with Crippen molar-refractivity contribution in [1.82, 2.24) is 24.9 Å². The smallest absolute Gasteiger partial charge is 0.291 e. The normalized spacial score (nSPS) is 23.7. The van der Waals surface area contributed by atoms with Crippen molar-refractivity contribution in [2.24, 2.45) is 0 Å². The van der Waals surface area contributed by atoms with Crippen LogP contribution in [0.15, 0.2) is 10.6 Å². The molecule has 1 atom stereocenters. The van der Waals surface area contributed by atoms with Crippen molar-refractivity contribution in [3.05, 3.63) is 29.2 Å². The average Bonchev–Trinajstić information content (AvgIpc) is 3.18. The van der Waals surface area contributed by atoms with Gasteiger partial charge in [0.25, 0.3) is 5.91 Å². The number of piperidine rings is 1. The molecule has 4 rings (SSSR count). The zero-order valence-corrected chi connectivity index (χ0v) is 15.5. The van der Waals surface area contributed by atoms with E-state index in [9.17, 15) is 9.90 Å². The topological polar surface area (TPSA) is 97.3 Å². The molecule has 2 aliphatic rings. The third-order valence-corrected chi connectivity index (χ3v) is 5.21. The first kappa shape index (κ1) is 17.2. The van der Waals surface area contributed by atoms with E-state index in [1.807, 2.05) is 13.8 Å². The number of hydrogen-bond acceptors (Lipinski definition) is 6. The maximum atomic E-state index is 12.9. The zero-order chi connectivity index (χ0) is 18.5. The molecule has 1 aliphatic heterocycles. The Labute approximate surface area is 152 Å². The maximum Gasteiger partial charge on any atom is 0.291 e. The van der Waals surface area contributed by atoms with Crippen LogP contribution in [0, 0.1) is 6.92 Å². The van der Waals surface area contributed by atoms with Crippen LogP contribution >= 0.6 is 0 Å². The molecular formula is C18H25N5O3. The third-order valence-electron chi connectivity index (χ3n) is 5.21. The van der Waals surface area contributed by atoms with Gasteiger partial charge in [0, 0.05) is 18.5 Å². The summed E-state index contributed by atoms with van der Waals surface area (Å²) in [5, 5.41) is 19.3. The Bertz CT molecular complexity index is 823. The second-order valence-electron chi connectivity index (χ2n) is 7.78. The summed E-state index contributed by atoms with van der Waals surface area (Å²) < 4.78 is 7.47. The van der Waals surface area contributed by atoms with Gasteiger partial charge in [0.1, 0.15) is 11.3 Å². The summed E-state index contributed by atoms with van der Waals surface area (Å²) in [6, 6.07) is 0.166. The molecule has 1 N–H and O–H groups in total. The summed E-state index contributed by atoms with van der Waals surface area (Å²) in [6.45, 7) is 6.57. The molecular weight excluding hydrogens is 334 g/mol. The van der Waals surface area contributed by atoms with Gasteiger partial charge in [-0.15, -0.1) is 5.10 Å². The average molecular weight is 359 g/mol. The SMILES string of the molecule is Cc1nc(C2CC2)oc1C(=O)N1CCCC(O)(c2cn(C(C)C)nn2)C1. The molecule has 0 aromatic carbocycles. The number of likely N-dealkylation sites (tertiary alicyclic amines) is 1. The van der Waals surface area contributed by atoms with E-state index < -0.39 is 5.60 Å². The van der Waals surface area contributed by atoms with E-state index in [1.54, 1.807) is 22.7 Å². The standard InChI is InChI=1S/C18H25N5O3/c1-11(2)23-9-14(20-21-23)18(25)7-4-8-22(10-18)17(24)15-12(3)19-16(26-15)13-5-6-13/h9,11,13,25H,4-8,10H2,1-3H3. The van der Waals surface area contributed by atoms with Crippen molar-refractivity contribution in [3.63, 3.8) is 0 Å². The fourth-order valence-electron chi connectivity index (χ4n) is 3.43. The molecule has 140 valence electrons. The van der Waals surface area contributed by atoms with E-state index in [0.717, 1.165) is 12.8 Å². The van der Waals surface area contributed by atoms with Crippen LogP contribution in [0.4, 0.5) is 0 Å². The highest BCUT2D eigenvalue weighted by Crippen LogP contribution is 2.40. The van der Waals surface area contributed by atoms with E-state index in [1.165, 1.54) is 0 Å². The van der Waals surface area contributed by atoms with Crippen LogP contribution in [0.3, 0.4) is 0 Å². The molecule has 1 saturated heterocycles. The summed E-state index contributed by atoms with van der Waals surface area (Å²) in [5.74, 6) is 1.11. The van der Waals surface area contributed by atoms with Crippen LogP contribution in [0.1, 0.15) is 79.3 Å². The van der Waals surface area contributed by atoms with E-state index in [0.29, 0.717) is 48.3 Å². The van der Waals surface area contributed by atoms with E-state index >= 15 is 0 Å². The molecule has 0 spiro atoms. The fraction of sp³-hybridized carbons (Fsp3) is 0.667. The van der Waals surface area contributed by atoms with Gasteiger partial charge in [-0.05, 0) is 46.5 Å². The van der Waals surface area contributed by atoms with Gasteiger partial charge in [-0.3, -0.25) is 4.79 Å². The molecule has 8 heteroatoms. The summed E-state index contributed by atoms with van der Waals surface area (Å²) in [5.41, 5.74) is -0.0534. The Kier molecular flexibility index (Phi) is 4.10. The highest BCUT2D eigenvalue weighted by molar-refractivity contribution is 5.92. The summed E-state index contributed by atoms with van der Waals surface area (Å²) in [7, 11) is 0. The van der Waals surface area contributed by atoms with Gasteiger partial charge in [-0.25, -0.2) is 9.67 Å². The van der Waals surface area contributed by atoms with Crippen LogP contribution in [-0.4, -0.2) is 49.0 Å². The lowest BCUT2D eigenvalue weighted by atomic mass is 9.90. The number of aryl methyl sites for hydroxylation is 1. The number of hydrogen-bond donors (Lipinski definition) is 1. The van der Waals surface area contributed by atoms with Crippen LogP contribution in [-0.2, 0) is 5.60 Å². The highest BCUT2D eigenvalue weighted by atomic mass is 16.4. The number of oxazole rings is 1. The molecule has 0 radical (unpaired) electrons. The minimum Gasteiger partial charge on any atom is -0.435 e. The second-order valence-corrected chi connectivity index (χ2v) is 7.78. The Morgan fingerprint density at radius 3 is 2.85 bits per heavy atom. The number of aliphatic hydroxyl groups is 1. The first-order valence-electron chi connectivity index (χ1n) is 9.28. The Morgan fingerprint density at radius 2 is 2.19 bits per heavy atom. The third kappa shape index (κ3) is 3.02. The van der Waals surface area contributed by atoms with Crippen LogP contribution in [0.25, 0.3) is 0 Å². The van der Waals surface area contributed by atoms with Crippen LogP contribution in [0.2, 0.25) is 0 Å². The lowest BCUT2D eigenvalue weighted by Gasteiger charge is -2.37.